The van der Waals surface area contributed by atoms with E-state index in [0.29, 0.717) is 35.5 Å². The number of benzene rings is 1. The van der Waals surface area contributed by atoms with Crippen molar-refractivity contribution in [3.8, 4) is 17.3 Å². The number of aliphatic hydroxyl groups is 1. The summed E-state index contributed by atoms with van der Waals surface area (Å²) < 4.78 is 26.6. The number of aliphatic hydroxyl groups excluding tert-OH is 1. The van der Waals surface area contributed by atoms with Gasteiger partial charge in [0, 0.05) is 41.7 Å². The van der Waals surface area contributed by atoms with Gasteiger partial charge in [0.2, 0.25) is 5.95 Å². The second-order valence-corrected chi connectivity index (χ2v) is 14.0. The molecule has 11 nitrogen and oxygen atoms in total. The fourth-order valence-electron chi connectivity index (χ4n) is 5.87. The molecule has 14 heteroatoms. The number of carbonyl (C=O) groups excluding carboxylic acids is 1. The summed E-state index contributed by atoms with van der Waals surface area (Å²) in [6.07, 6.45) is 1.45. The number of nitrogens with zero attached hydrogens (tertiary/aromatic N) is 6. The summed E-state index contributed by atoms with van der Waals surface area (Å²) in [6, 6.07) is 2.28. The van der Waals surface area contributed by atoms with Gasteiger partial charge >= 0.3 is 6.09 Å². The van der Waals surface area contributed by atoms with Crippen molar-refractivity contribution in [2.75, 3.05) is 30.4 Å². The van der Waals surface area contributed by atoms with Gasteiger partial charge in [0.1, 0.15) is 16.7 Å². The van der Waals surface area contributed by atoms with Crippen LogP contribution in [-0.4, -0.2) is 75.0 Å². The number of thiophene rings is 1. The highest BCUT2D eigenvalue weighted by Gasteiger charge is 2.37. The number of nitriles is 1. The number of aromatic nitrogens is 3. The monoisotopic (exact) mass is 653 g/mol. The van der Waals surface area contributed by atoms with Crippen LogP contribution >= 0.6 is 22.9 Å². The molecule has 2 N–H and O–H groups in total. The van der Waals surface area contributed by atoms with E-state index >= 15 is 4.39 Å². The number of rotatable bonds is 5. The summed E-state index contributed by atoms with van der Waals surface area (Å²) in [6.45, 7) is 10.7. The number of amides is 1. The normalized spacial score (nSPS) is 18.3. The third-order valence-corrected chi connectivity index (χ3v) is 9.68. The zero-order valence-corrected chi connectivity index (χ0v) is 27.3. The Labute approximate surface area is 268 Å². The van der Waals surface area contributed by atoms with Crippen LogP contribution in [0, 0.1) is 17.1 Å². The third kappa shape index (κ3) is 5.55. The van der Waals surface area contributed by atoms with Crippen LogP contribution in [0.3, 0.4) is 0 Å². The maximum Gasteiger partial charge on any atom is 0.412 e. The highest BCUT2D eigenvalue weighted by atomic mass is 35.5. The Morgan fingerprint density at radius 2 is 2.02 bits per heavy atom. The van der Waals surface area contributed by atoms with E-state index in [9.17, 15) is 15.2 Å². The van der Waals surface area contributed by atoms with E-state index in [0.717, 1.165) is 28.7 Å². The molecule has 0 aliphatic carbocycles. The fraction of sp³-hybridized carbons (Fsp3) is 0.452. The molecule has 2 aliphatic rings. The van der Waals surface area contributed by atoms with Gasteiger partial charge < -0.3 is 19.5 Å². The van der Waals surface area contributed by atoms with Crippen molar-refractivity contribution in [1.29, 1.82) is 5.26 Å². The number of anilines is 2. The highest BCUT2D eigenvalue weighted by molar-refractivity contribution is 7.23. The van der Waals surface area contributed by atoms with Crippen LogP contribution in [0.15, 0.2) is 12.4 Å². The molecule has 1 aromatic carbocycles. The van der Waals surface area contributed by atoms with Gasteiger partial charge in [-0.3, -0.25) is 15.2 Å². The van der Waals surface area contributed by atoms with Gasteiger partial charge in [-0.25, -0.2) is 19.2 Å². The molecule has 3 aromatic heterocycles. The number of ether oxygens (including phenoxy) is 2. The summed E-state index contributed by atoms with van der Waals surface area (Å²) in [5.74, 6) is -0.224. The van der Waals surface area contributed by atoms with Crippen LogP contribution in [0.5, 0.6) is 0 Å². The minimum atomic E-state index is -0.774. The first kappa shape index (κ1) is 31.3. The predicted octanol–water partition coefficient (Wildman–Crippen LogP) is 5.84. The molecular formula is C31H33ClFN7O4S. The fourth-order valence-corrected chi connectivity index (χ4v) is 7.26. The molecule has 1 amide bonds. The SMILES string of the molecule is CC(C)N(C)[C@@H]1CN(c2ncc3c4c(c(-c5ncc(F)c6sc(NC(=O)OC(C)(C)C)c(C#N)c56)c(Cl)c3n2)COC4)C[C@H]1O. The number of pyridine rings is 1. The first-order valence-corrected chi connectivity index (χ1v) is 15.7. The molecule has 1 saturated heterocycles. The number of β-amino-alcohol motifs (C(OH)–C–C–N with tert-alkyl or cyclic N) is 1. The van der Waals surface area contributed by atoms with Gasteiger partial charge in [0.15, 0.2) is 5.82 Å². The number of nitrogens with one attached hydrogen (secondary N) is 1. The van der Waals surface area contributed by atoms with Crippen LogP contribution in [0.1, 0.15) is 51.3 Å². The molecule has 0 unspecified atom stereocenters. The molecule has 2 aliphatic heterocycles. The van der Waals surface area contributed by atoms with Gasteiger partial charge in [-0.15, -0.1) is 11.3 Å². The minimum absolute atomic E-state index is 0.0430. The number of likely N-dealkylation sites (N-methyl/N-ethyl adjacent to an activating group) is 1. The lowest BCUT2D eigenvalue weighted by Crippen LogP contribution is -2.44. The van der Waals surface area contributed by atoms with Crippen LogP contribution in [-0.2, 0) is 22.7 Å². The average Bonchev–Trinajstić information content (AvgIpc) is 3.70. The van der Waals surface area contributed by atoms with E-state index in [4.69, 9.17) is 26.1 Å². The van der Waals surface area contributed by atoms with Crippen molar-refractivity contribution in [2.24, 2.45) is 0 Å². The molecule has 0 spiro atoms. The Bertz CT molecular complexity index is 1890. The summed E-state index contributed by atoms with van der Waals surface area (Å²) in [5, 5.41) is 25.0. The quantitative estimate of drug-likeness (QED) is 0.270. The Balaban J connectivity index is 1.50. The van der Waals surface area contributed by atoms with Crippen molar-refractivity contribution in [3.63, 3.8) is 0 Å². The summed E-state index contributed by atoms with van der Waals surface area (Å²) in [4.78, 5) is 30.6. The zero-order chi connectivity index (χ0) is 32.4. The number of hydrogen-bond acceptors (Lipinski definition) is 11. The second-order valence-electron chi connectivity index (χ2n) is 12.6. The van der Waals surface area contributed by atoms with Crippen molar-refractivity contribution >= 4 is 61.0 Å². The van der Waals surface area contributed by atoms with Crippen LogP contribution < -0.4 is 10.2 Å². The lowest BCUT2D eigenvalue weighted by Gasteiger charge is -2.29. The van der Waals surface area contributed by atoms with Crippen molar-refractivity contribution in [3.05, 3.63) is 39.9 Å². The van der Waals surface area contributed by atoms with Gasteiger partial charge in [-0.1, -0.05) is 11.6 Å². The molecule has 4 aromatic rings. The standard InChI is InChI=1S/C31H33ClFN7O4S/c1-14(2)39(6)20-10-40(11-21(20)41)29-36-8-16-17-12-43-13-18(17)22(24(32)25(16)37-29)26-23-15(7-34)28(38-30(42)44-31(3,4)5)45-27(23)19(33)9-35-26/h8-9,14,20-21,41H,10-13H2,1-6H3,(H,38,42)/t20-,21-/m1/s1. The molecule has 0 bridgehead atoms. The second kappa shape index (κ2) is 11.6. The third-order valence-electron chi connectivity index (χ3n) is 8.20. The van der Waals surface area contributed by atoms with Gasteiger partial charge in [-0.2, -0.15) is 5.26 Å². The molecule has 0 saturated carbocycles. The first-order valence-electron chi connectivity index (χ1n) is 14.5. The molecule has 6 rings (SSSR count). The summed E-state index contributed by atoms with van der Waals surface area (Å²) in [5.41, 5.74) is 2.05. The summed E-state index contributed by atoms with van der Waals surface area (Å²) >= 11 is 8.08. The molecule has 2 atom stereocenters. The minimum Gasteiger partial charge on any atom is -0.444 e. The van der Waals surface area contributed by atoms with E-state index in [1.54, 1.807) is 27.0 Å². The molecule has 236 valence electrons. The van der Waals surface area contributed by atoms with Crippen molar-refractivity contribution < 1.29 is 23.8 Å². The van der Waals surface area contributed by atoms with E-state index in [1.165, 1.54) is 0 Å². The zero-order valence-electron chi connectivity index (χ0n) is 25.7. The molecule has 0 radical (unpaired) electrons. The van der Waals surface area contributed by atoms with E-state index in [1.807, 2.05) is 11.9 Å². The molecule has 1 fully saturated rings. The van der Waals surface area contributed by atoms with Gasteiger partial charge in [0.25, 0.3) is 0 Å². The average molecular weight is 654 g/mol. The number of halogens is 2. The van der Waals surface area contributed by atoms with E-state index in [-0.39, 0.29) is 56.7 Å². The largest absolute Gasteiger partial charge is 0.444 e. The topological polar surface area (TPSA) is 137 Å². The van der Waals surface area contributed by atoms with Crippen LogP contribution in [0.2, 0.25) is 5.02 Å². The van der Waals surface area contributed by atoms with Crippen molar-refractivity contribution in [1.82, 2.24) is 19.9 Å². The first-order chi connectivity index (χ1) is 21.3. The lowest BCUT2D eigenvalue weighted by molar-refractivity contribution is 0.0636. The number of hydrogen-bond donors (Lipinski definition) is 2. The number of carbonyl (C=O) groups is 1. The maximum absolute atomic E-state index is 15.2. The van der Waals surface area contributed by atoms with Crippen LogP contribution in [0.4, 0.5) is 20.1 Å². The predicted molar refractivity (Wildman–Crippen MR) is 171 cm³/mol. The van der Waals surface area contributed by atoms with Gasteiger partial charge in [0.05, 0.1) is 58.1 Å². The smallest absolute Gasteiger partial charge is 0.412 e. The van der Waals surface area contributed by atoms with E-state index < -0.39 is 23.6 Å². The summed E-state index contributed by atoms with van der Waals surface area (Å²) in [7, 11) is 1.99. The Hall–Kier alpha value is -3.67. The Kier molecular flexibility index (Phi) is 8.07. The molecule has 45 heavy (non-hydrogen) atoms. The number of fused-ring (bicyclic) bond motifs is 4. The highest BCUT2D eigenvalue weighted by Crippen LogP contribution is 2.47. The van der Waals surface area contributed by atoms with Gasteiger partial charge in [-0.05, 0) is 52.8 Å². The Morgan fingerprint density at radius 1 is 1.29 bits per heavy atom. The molecule has 5 heterocycles. The maximum atomic E-state index is 15.2. The Morgan fingerprint density at radius 3 is 2.71 bits per heavy atom. The van der Waals surface area contributed by atoms with Crippen molar-refractivity contribution in [2.45, 2.75) is 71.6 Å². The lowest BCUT2D eigenvalue weighted by atomic mass is 9.94. The van der Waals surface area contributed by atoms with Crippen LogP contribution in [0.25, 0.3) is 32.2 Å². The van der Waals surface area contributed by atoms with E-state index in [2.05, 4.69) is 40.1 Å². The molecular weight excluding hydrogens is 621 g/mol.